The largest absolute Gasteiger partial charge is 0.513 e. The van der Waals surface area contributed by atoms with E-state index in [2.05, 4.69) is 0 Å². The Bertz CT molecular complexity index is 142. The van der Waals surface area contributed by atoms with Gasteiger partial charge in [0.2, 0.25) is 0 Å². The van der Waals surface area contributed by atoms with E-state index in [1.165, 1.54) is 0 Å². The monoisotopic (exact) mass is 144 g/mol. The molecule has 10 heavy (non-hydrogen) atoms. The van der Waals surface area contributed by atoms with E-state index in [0.29, 0.717) is 12.8 Å². The van der Waals surface area contributed by atoms with Gasteiger partial charge in [-0.2, -0.15) is 0 Å². The summed E-state index contributed by atoms with van der Waals surface area (Å²) >= 11 is 0. The Morgan fingerprint density at radius 1 is 1.60 bits per heavy atom. The van der Waals surface area contributed by atoms with Crippen LogP contribution in [0.1, 0.15) is 12.8 Å². The van der Waals surface area contributed by atoms with E-state index in [1.807, 2.05) is 0 Å². The summed E-state index contributed by atoms with van der Waals surface area (Å²) in [5.74, 6) is 0.106. The number of aliphatic hydroxyl groups excluding tert-OH is 3. The molecule has 0 amide bonds. The molecule has 1 rings (SSSR count). The molecule has 0 aliphatic heterocycles. The Labute approximate surface area is 59.6 Å². The molecular weight excluding hydrogens is 132 g/mol. The first-order chi connectivity index (χ1) is 4.74. The summed E-state index contributed by atoms with van der Waals surface area (Å²) in [7, 11) is 0. The van der Waals surface area contributed by atoms with Crippen LogP contribution in [0, 0.1) is 5.92 Å². The second kappa shape index (κ2) is 3.03. The molecule has 1 aliphatic rings. The second-order valence-corrected chi connectivity index (χ2v) is 2.65. The summed E-state index contributed by atoms with van der Waals surface area (Å²) in [5, 5.41) is 26.8. The lowest BCUT2D eigenvalue weighted by Crippen LogP contribution is -2.26. The zero-order valence-corrected chi connectivity index (χ0v) is 5.70. The summed E-state index contributed by atoms with van der Waals surface area (Å²) in [6.45, 7) is -0.0565. The first-order valence-corrected chi connectivity index (χ1v) is 3.41. The molecule has 1 aliphatic carbocycles. The molecule has 2 atom stereocenters. The molecular formula is C7H12O3. The van der Waals surface area contributed by atoms with Crippen molar-refractivity contribution in [2.75, 3.05) is 6.61 Å². The maximum Gasteiger partial charge on any atom is 0.0888 e. The van der Waals surface area contributed by atoms with Crippen LogP contribution in [0.3, 0.4) is 0 Å². The van der Waals surface area contributed by atoms with Crippen LogP contribution in [-0.2, 0) is 0 Å². The fourth-order valence-electron chi connectivity index (χ4n) is 1.12. The van der Waals surface area contributed by atoms with Crippen LogP contribution >= 0.6 is 0 Å². The average molecular weight is 144 g/mol. The molecule has 3 nitrogen and oxygen atoms in total. The quantitative estimate of drug-likeness (QED) is 0.492. The first-order valence-electron chi connectivity index (χ1n) is 3.41. The van der Waals surface area contributed by atoms with Gasteiger partial charge in [-0.1, -0.05) is 0 Å². The molecule has 2 unspecified atom stereocenters. The Hall–Kier alpha value is -0.540. The van der Waals surface area contributed by atoms with Crippen molar-refractivity contribution in [2.45, 2.75) is 18.9 Å². The van der Waals surface area contributed by atoms with Gasteiger partial charge in [-0.05, 0) is 12.5 Å². The summed E-state index contributed by atoms with van der Waals surface area (Å²) < 4.78 is 0. The van der Waals surface area contributed by atoms with Gasteiger partial charge in [0, 0.05) is 18.9 Å². The Balaban J connectivity index is 2.53. The van der Waals surface area contributed by atoms with Gasteiger partial charge in [0.25, 0.3) is 0 Å². The minimum absolute atomic E-state index is 0.0565. The van der Waals surface area contributed by atoms with Gasteiger partial charge in [0.15, 0.2) is 0 Å². The fraction of sp³-hybridized carbons (Fsp3) is 0.714. The SMILES string of the molecule is OCC1CC(O)=CCC1O. The van der Waals surface area contributed by atoms with Gasteiger partial charge in [0.05, 0.1) is 11.9 Å². The lowest BCUT2D eigenvalue weighted by Gasteiger charge is -2.23. The Kier molecular flexibility index (Phi) is 2.29. The van der Waals surface area contributed by atoms with E-state index >= 15 is 0 Å². The molecule has 0 aromatic heterocycles. The number of hydrogen-bond acceptors (Lipinski definition) is 3. The van der Waals surface area contributed by atoms with Crippen LogP contribution in [0.15, 0.2) is 11.8 Å². The third-order valence-corrected chi connectivity index (χ3v) is 1.84. The normalized spacial score (nSPS) is 33.6. The van der Waals surface area contributed by atoms with Crippen molar-refractivity contribution in [1.29, 1.82) is 0 Å². The van der Waals surface area contributed by atoms with Gasteiger partial charge in [0.1, 0.15) is 0 Å². The van der Waals surface area contributed by atoms with Gasteiger partial charge >= 0.3 is 0 Å². The zero-order valence-electron chi connectivity index (χ0n) is 5.70. The third-order valence-electron chi connectivity index (χ3n) is 1.84. The predicted molar refractivity (Wildman–Crippen MR) is 36.5 cm³/mol. The molecule has 0 bridgehead atoms. The standard InChI is InChI=1S/C7H12O3/c8-4-5-3-6(9)1-2-7(5)10/h1,5,7-10H,2-4H2. The predicted octanol–water partition coefficient (Wildman–Crippen LogP) is 0.192. The van der Waals surface area contributed by atoms with Crippen LogP contribution in [0.4, 0.5) is 0 Å². The summed E-state index contributed by atoms with van der Waals surface area (Å²) in [4.78, 5) is 0. The highest BCUT2D eigenvalue weighted by molar-refractivity contribution is 5.00. The number of rotatable bonds is 1. The van der Waals surface area contributed by atoms with Crippen molar-refractivity contribution >= 4 is 0 Å². The Morgan fingerprint density at radius 2 is 2.30 bits per heavy atom. The van der Waals surface area contributed by atoms with E-state index < -0.39 is 6.10 Å². The zero-order chi connectivity index (χ0) is 7.56. The molecule has 0 heterocycles. The minimum atomic E-state index is -0.485. The van der Waals surface area contributed by atoms with Crippen LogP contribution in [0.5, 0.6) is 0 Å². The number of allylic oxidation sites excluding steroid dienone is 1. The topological polar surface area (TPSA) is 60.7 Å². The van der Waals surface area contributed by atoms with Crippen molar-refractivity contribution in [1.82, 2.24) is 0 Å². The molecule has 3 heteroatoms. The second-order valence-electron chi connectivity index (χ2n) is 2.65. The van der Waals surface area contributed by atoms with Gasteiger partial charge in [-0.15, -0.1) is 0 Å². The van der Waals surface area contributed by atoms with E-state index in [9.17, 15) is 5.11 Å². The smallest absolute Gasteiger partial charge is 0.0888 e. The van der Waals surface area contributed by atoms with Crippen molar-refractivity contribution in [3.8, 4) is 0 Å². The van der Waals surface area contributed by atoms with Gasteiger partial charge < -0.3 is 15.3 Å². The molecule has 0 saturated heterocycles. The first kappa shape index (κ1) is 7.57. The molecule has 3 N–H and O–H groups in total. The highest BCUT2D eigenvalue weighted by atomic mass is 16.3. The maximum absolute atomic E-state index is 9.17. The van der Waals surface area contributed by atoms with Crippen LogP contribution in [0.2, 0.25) is 0 Å². The summed E-state index contributed by atoms with van der Waals surface area (Å²) in [5.41, 5.74) is 0. The molecule has 0 fully saturated rings. The summed E-state index contributed by atoms with van der Waals surface area (Å²) in [6.07, 6.45) is 1.96. The van der Waals surface area contributed by atoms with E-state index in [4.69, 9.17) is 10.2 Å². The van der Waals surface area contributed by atoms with Gasteiger partial charge in [-0.25, -0.2) is 0 Å². The number of aliphatic hydroxyl groups is 3. The van der Waals surface area contributed by atoms with Crippen LogP contribution in [-0.4, -0.2) is 28.0 Å². The maximum atomic E-state index is 9.17. The van der Waals surface area contributed by atoms with Crippen LogP contribution < -0.4 is 0 Å². The lowest BCUT2D eigenvalue weighted by molar-refractivity contribution is 0.0546. The van der Waals surface area contributed by atoms with Gasteiger partial charge in [-0.3, -0.25) is 0 Å². The van der Waals surface area contributed by atoms with E-state index in [0.717, 1.165) is 0 Å². The average Bonchev–Trinajstić information content (AvgIpc) is 1.94. The molecule has 0 spiro atoms. The fourth-order valence-corrected chi connectivity index (χ4v) is 1.12. The molecule has 0 aromatic carbocycles. The van der Waals surface area contributed by atoms with Crippen molar-refractivity contribution in [2.24, 2.45) is 5.92 Å². The highest BCUT2D eigenvalue weighted by Crippen LogP contribution is 2.21. The molecule has 58 valence electrons. The molecule has 0 radical (unpaired) electrons. The molecule has 0 saturated carbocycles. The van der Waals surface area contributed by atoms with Crippen molar-refractivity contribution in [3.05, 3.63) is 11.8 Å². The van der Waals surface area contributed by atoms with E-state index in [-0.39, 0.29) is 18.3 Å². The van der Waals surface area contributed by atoms with Crippen molar-refractivity contribution in [3.63, 3.8) is 0 Å². The Morgan fingerprint density at radius 3 is 2.80 bits per heavy atom. The minimum Gasteiger partial charge on any atom is -0.513 e. The van der Waals surface area contributed by atoms with E-state index in [1.54, 1.807) is 6.08 Å². The molecule has 0 aromatic rings. The van der Waals surface area contributed by atoms with Crippen molar-refractivity contribution < 1.29 is 15.3 Å². The highest BCUT2D eigenvalue weighted by Gasteiger charge is 2.22. The third kappa shape index (κ3) is 1.49. The lowest BCUT2D eigenvalue weighted by atomic mass is 9.91. The summed E-state index contributed by atoms with van der Waals surface area (Å²) in [6, 6.07) is 0. The van der Waals surface area contributed by atoms with Crippen LogP contribution in [0.25, 0.3) is 0 Å². The number of hydrogen-bond donors (Lipinski definition) is 3.